The van der Waals surface area contributed by atoms with Gasteiger partial charge in [0.15, 0.2) is 10.9 Å². The molecule has 96 valence electrons. The van der Waals surface area contributed by atoms with Gasteiger partial charge < -0.3 is 8.98 Å². The lowest BCUT2D eigenvalue weighted by molar-refractivity contribution is 0.0923. The van der Waals surface area contributed by atoms with E-state index in [9.17, 15) is 4.79 Å². The van der Waals surface area contributed by atoms with Gasteiger partial charge in [0.2, 0.25) is 0 Å². The van der Waals surface area contributed by atoms with E-state index in [1.165, 1.54) is 11.8 Å². The third-order valence-corrected chi connectivity index (χ3v) is 3.38. The highest BCUT2D eigenvalue weighted by molar-refractivity contribution is 7.98. The van der Waals surface area contributed by atoms with Gasteiger partial charge in [-0.1, -0.05) is 11.8 Å². The number of carbonyl (C=O) groups excluding carboxylic acids is 1. The minimum Gasteiger partial charge on any atom is -0.455 e. The third kappa shape index (κ3) is 2.54. The molecule has 0 saturated carbocycles. The predicted molar refractivity (Wildman–Crippen MR) is 65.7 cm³/mol. The molecule has 2 aromatic heterocycles. The number of nitrogen functional groups attached to an aromatic ring is 1. The maximum absolute atomic E-state index is 11.4. The molecule has 2 aromatic rings. The Morgan fingerprint density at radius 2 is 2.44 bits per heavy atom. The average molecular weight is 267 g/mol. The zero-order valence-corrected chi connectivity index (χ0v) is 10.8. The first-order valence-corrected chi connectivity index (χ1v) is 6.17. The number of amides is 1. The molecule has 8 heteroatoms. The van der Waals surface area contributed by atoms with E-state index in [0.717, 1.165) is 10.7 Å². The highest BCUT2D eigenvalue weighted by Crippen LogP contribution is 2.23. The fourth-order valence-electron chi connectivity index (χ4n) is 1.45. The lowest BCUT2D eigenvalue weighted by Crippen LogP contribution is -2.30. The van der Waals surface area contributed by atoms with Crippen molar-refractivity contribution in [1.82, 2.24) is 20.2 Å². The first kappa shape index (κ1) is 12.7. The molecular formula is C10H13N5O2S. The van der Waals surface area contributed by atoms with Crippen LogP contribution in [0.1, 0.15) is 21.9 Å². The fourth-order valence-corrected chi connectivity index (χ4v) is 2.22. The van der Waals surface area contributed by atoms with Crippen molar-refractivity contribution in [2.24, 2.45) is 12.9 Å². The number of hydrazine groups is 1. The summed E-state index contributed by atoms with van der Waals surface area (Å²) in [7, 11) is 1.86. The zero-order chi connectivity index (χ0) is 13.1. The standard InChI is InChI=1S/C10H13N5O2S/c1-6-3-7(17-8(6)9(16)13-11)4-18-10-14-12-5-15(10)2/h3,5H,4,11H2,1-2H3,(H,13,16). The van der Waals surface area contributed by atoms with Crippen LogP contribution in [0.4, 0.5) is 0 Å². The van der Waals surface area contributed by atoms with Crippen molar-refractivity contribution in [3.05, 3.63) is 29.5 Å². The van der Waals surface area contributed by atoms with Crippen LogP contribution in [0.3, 0.4) is 0 Å². The molecule has 0 aliphatic rings. The van der Waals surface area contributed by atoms with Gasteiger partial charge in [-0.05, 0) is 13.0 Å². The van der Waals surface area contributed by atoms with Crippen LogP contribution in [-0.2, 0) is 12.8 Å². The summed E-state index contributed by atoms with van der Waals surface area (Å²) in [5.41, 5.74) is 2.80. The minimum atomic E-state index is -0.428. The van der Waals surface area contributed by atoms with Gasteiger partial charge in [0.1, 0.15) is 12.1 Å². The third-order valence-electron chi connectivity index (χ3n) is 2.32. The summed E-state index contributed by atoms with van der Waals surface area (Å²) in [6.07, 6.45) is 1.63. The van der Waals surface area contributed by atoms with Crippen LogP contribution in [0.25, 0.3) is 0 Å². The molecule has 0 fully saturated rings. The van der Waals surface area contributed by atoms with Crippen molar-refractivity contribution in [3.8, 4) is 0 Å². The van der Waals surface area contributed by atoms with E-state index in [1.54, 1.807) is 13.3 Å². The van der Waals surface area contributed by atoms with Gasteiger partial charge in [-0.15, -0.1) is 10.2 Å². The first-order valence-electron chi connectivity index (χ1n) is 5.19. The molecule has 1 amide bonds. The molecular weight excluding hydrogens is 254 g/mol. The number of hydrogen-bond acceptors (Lipinski definition) is 6. The van der Waals surface area contributed by atoms with Crippen LogP contribution in [0.15, 0.2) is 22.0 Å². The first-order chi connectivity index (χ1) is 8.61. The average Bonchev–Trinajstić information content (AvgIpc) is 2.92. The van der Waals surface area contributed by atoms with Crippen LogP contribution in [0.5, 0.6) is 0 Å². The van der Waals surface area contributed by atoms with Gasteiger partial charge in [0, 0.05) is 12.6 Å². The number of rotatable bonds is 4. The summed E-state index contributed by atoms with van der Waals surface area (Å²) in [6.45, 7) is 1.80. The Kier molecular flexibility index (Phi) is 3.68. The fraction of sp³-hybridized carbons (Fsp3) is 0.300. The number of thioether (sulfide) groups is 1. The Morgan fingerprint density at radius 1 is 1.67 bits per heavy atom. The second kappa shape index (κ2) is 5.23. The number of nitrogens with two attached hydrogens (primary N) is 1. The van der Waals surface area contributed by atoms with Crippen LogP contribution in [0, 0.1) is 6.92 Å². The second-order valence-corrected chi connectivity index (χ2v) is 4.65. The number of nitrogens with one attached hydrogen (secondary N) is 1. The molecule has 0 bridgehead atoms. The number of carbonyl (C=O) groups is 1. The van der Waals surface area contributed by atoms with Gasteiger partial charge in [-0.3, -0.25) is 10.2 Å². The molecule has 0 atom stereocenters. The van der Waals surface area contributed by atoms with Crippen LogP contribution < -0.4 is 11.3 Å². The second-order valence-electron chi connectivity index (χ2n) is 3.71. The number of furan rings is 1. The van der Waals surface area contributed by atoms with Gasteiger partial charge in [-0.2, -0.15) is 0 Å². The van der Waals surface area contributed by atoms with Crippen molar-refractivity contribution < 1.29 is 9.21 Å². The molecule has 7 nitrogen and oxygen atoms in total. The lowest BCUT2D eigenvalue weighted by Gasteiger charge is -1.98. The largest absolute Gasteiger partial charge is 0.455 e. The van der Waals surface area contributed by atoms with Crippen molar-refractivity contribution in [2.75, 3.05) is 0 Å². The molecule has 0 saturated heterocycles. The van der Waals surface area contributed by atoms with Gasteiger partial charge in [-0.25, -0.2) is 5.84 Å². The zero-order valence-electron chi connectivity index (χ0n) is 10.0. The van der Waals surface area contributed by atoms with Crippen LogP contribution in [0.2, 0.25) is 0 Å². The quantitative estimate of drug-likeness (QED) is 0.364. The SMILES string of the molecule is Cc1cc(CSc2nncn2C)oc1C(=O)NN. The predicted octanol–water partition coefficient (Wildman–Crippen LogP) is 0.612. The molecule has 0 aromatic carbocycles. The smallest absolute Gasteiger partial charge is 0.301 e. The summed E-state index contributed by atoms with van der Waals surface area (Å²) in [6, 6.07) is 1.81. The van der Waals surface area contributed by atoms with Gasteiger partial charge in [0.25, 0.3) is 0 Å². The van der Waals surface area contributed by atoms with Crippen molar-refractivity contribution in [2.45, 2.75) is 17.8 Å². The topological polar surface area (TPSA) is 99.0 Å². The van der Waals surface area contributed by atoms with E-state index in [2.05, 4.69) is 10.2 Å². The van der Waals surface area contributed by atoms with E-state index < -0.39 is 5.91 Å². The van der Waals surface area contributed by atoms with Crippen LogP contribution in [-0.4, -0.2) is 20.7 Å². The Bertz CT molecular complexity index is 562. The maximum Gasteiger partial charge on any atom is 0.301 e. The molecule has 2 heterocycles. The van der Waals surface area contributed by atoms with E-state index in [4.69, 9.17) is 10.3 Å². The van der Waals surface area contributed by atoms with E-state index in [-0.39, 0.29) is 5.76 Å². The molecule has 0 aliphatic carbocycles. The van der Waals surface area contributed by atoms with Crippen molar-refractivity contribution >= 4 is 17.7 Å². The molecule has 0 spiro atoms. The highest BCUT2D eigenvalue weighted by Gasteiger charge is 2.15. The van der Waals surface area contributed by atoms with E-state index in [0.29, 0.717) is 11.5 Å². The summed E-state index contributed by atoms with van der Waals surface area (Å²) in [4.78, 5) is 11.4. The summed E-state index contributed by atoms with van der Waals surface area (Å²) in [5, 5.41) is 8.51. The highest BCUT2D eigenvalue weighted by atomic mass is 32.2. The van der Waals surface area contributed by atoms with Crippen molar-refractivity contribution in [1.29, 1.82) is 0 Å². The minimum absolute atomic E-state index is 0.242. The Balaban J connectivity index is 2.07. The normalized spacial score (nSPS) is 10.6. The Hall–Kier alpha value is -1.80. The number of nitrogens with zero attached hydrogens (tertiary/aromatic N) is 3. The van der Waals surface area contributed by atoms with Crippen LogP contribution >= 0.6 is 11.8 Å². The van der Waals surface area contributed by atoms with Gasteiger partial charge in [0.05, 0.1) is 5.75 Å². The Labute approximate surface area is 108 Å². The summed E-state index contributed by atoms with van der Waals surface area (Å²) < 4.78 is 7.25. The van der Waals surface area contributed by atoms with Gasteiger partial charge >= 0.3 is 5.91 Å². The lowest BCUT2D eigenvalue weighted by atomic mass is 10.2. The molecule has 3 N–H and O–H groups in total. The molecule has 2 rings (SSSR count). The molecule has 0 unspecified atom stereocenters. The molecule has 18 heavy (non-hydrogen) atoms. The summed E-state index contributed by atoms with van der Waals surface area (Å²) in [5.74, 6) is 6.15. The number of aromatic nitrogens is 3. The maximum atomic E-state index is 11.4. The van der Waals surface area contributed by atoms with Crippen molar-refractivity contribution in [3.63, 3.8) is 0 Å². The number of hydrogen-bond donors (Lipinski definition) is 2. The monoisotopic (exact) mass is 267 g/mol. The molecule has 0 aliphatic heterocycles. The van der Waals surface area contributed by atoms with E-state index >= 15 is 0 Å². The Morgan fingerprint density at radius 3 is 3.06 bits per heavy atom. The number of aryl methyl sites for hydroxylation is 2. The van der Waals surface area contributed by atoms with E-state index in [1.807, 2.05) is 23.1 Å². The summed E-state index contributed by atoms with van der Waals surface area (Å²) >= 11 is 1.48. The molecule has 0 radical (unpaired) electrons.